The number of nitrogens with two attached hydrogens (primary N) is 1. The average molecular weight is 210 g/mol. The Labute approximate surface area is 89.6 Å². The second kappa shape index (κ2) is 5.14. The fourth-order valence-corrected chi connectivity index (χ4v) is 1.77. The molecule has 2 heterocycles. The molecule has 1 saturated heterocycles. The van der Waals surface area contributed by atoms with E-state index in [1.165, 1.54) is 0 Å². The second-order valence-corrected chi connectivity index (χ2v) is 3.79. The van der Waals surface area contributed by atoms with Gasteiger partial charge in [0.05, 0.1) is 18.9 Å². The molecule has 0 radical (unpaired) electrons. The molecule has 0 spiro atoms. The van der Waals surface area contributed by atoms with E-state index in [4.69, 9.17) is 10.5 Å². The van der Waals surface area contributed by atoms with E-state index in [1.807, 2.05) is 10.9 Å². The number of rotatable bonds is 4. The molecule has 1 aromatic heterocycles. The van der Waals surface area contributed by atoms with Crippen LogP contribution in [0.15, 0.2) is 12.4 Å². The van der Waals surface area contributed by atoms with Gasteiger partial charge in [-0.1, -0.05) is 0 Å². The van der Waals surface area contributed by atoms with Crippen molar-refractivity contribution in [3.63, 3.8) is 0 Å². The van der Waals surface area contributed by atoms with Crippen LogP contribution in [0.3, 0.4) is 0 Å². The van der Waals surface area contributed by atoms with Crippen LogP contribution in [0.1, 0.15) is 12.8 Å². The van der Waals surface area contributed by atoms with Gasteiger partial charge in [0.25, 0.3) is 0 Å². The zero-order valence-corrected chi connectivity index (χ0v) is 8.85. The fraction of sp³-hybridized carbons (Fsp3) is 0.700. The van der Waals surface area contributed by atoms with Gasteiger partial charge in [0.2, 0.25) is 0 Å². The molecule has 5 nitrogen and oxygen atoms in total. The van der Waals surface area contributed by atoms with E-state index in [0.717, 1.165) is 38.2 Å². The zero-order chi connectivity index (χ0) is 10.5. The van der Waals surface area contributed by atoms with E-state index in [0.29, 0.717) is 12.6 Å². The number of nitrogens with one attached hydrogen (secondary N) is 1. The summed E-state index contributed by atoms with van der Waals surface area (Å²) in [7, 11) is 0. The first-order chi connectivity index (χ1) is 7.38. The number of nitrogens with zero attached hydrogens (tertiary/aromatic N) is 2. The van der Waals surface area contributed by atoms with Crippen molar-refractivity contribution in [3.8, 4) is 5.75 Å². The minimum atomic E-state index is 0.335. The normalized spacial score (nSPS) is 17.9. The van der Waals surface area contributed by atoms with Crippen LogP contribution >= 0.6 is 0 Å². The van der Waals surface area contributed by atoms with Gasteiger partial charge in [-0.05, 0) is 25.9 Å². The average Bonchev–Trinajstić information content (AvgIpc) is 2.68. The summed E-state index contributed by atoms with van der Waals surface area (Å²) in [6, 6.07) is 0. The Kier molecular flexibility index (Phi) is 3.58. The van der Waals surface area contributed by atoms with Crippen molar-refractivity contribution < 1.29 is 4.74 Å². The molecule has 0 saturated carbocycles. The highest BCUT2D eigenvalue weighted by atomic mass is 16.5. The van der Waals surface area contributed by atoms with Gasteiger partial charge >= 0.3 is 0 Å². The Morgan fingerprint density at radius 1 is 1.53 bits per heavy atom. The predicted octanol–water partition coefficient (Wildman–Crippen LogP) is -0.0274. The molecule has 5 heteroatoms. The van der Waals surface area contributed by atoms with Crippen molar-refractivity contribution in [2.75, 3.05) is 19.6 Å². The lowest BCUT2D eigenvalue weighted by Crippen LogP contribution is -2.34. The standard InChI is InChI=1S/C10H18N4O/c11-3-6-14-8-10(7-13-14)15-9-1-4-12-5-2-9/h7-9,12H,1-6,11H2. The quantitative estimate of drug-likeness (QED) is 0.732. The third kappa shape index (κ3) is 2.94. The topological polar surface area (TPSA) is 65.1 Å². The van der Waals surface area contributed by atoms with E-state index in [1.54, 1.807) is 6.20 Å². The molecule has 1 aromatic rings. The molecule has 0 bridgehead atoms. The summed E-state index contributed by atoms with van der Waals surface area (Å²) in [4.78, 5) is 0. The molecule has 15 heavy (non-hydrogen) atoms. The Hall–Kier alpha value is -1.07. The van der Waals surface area contributed by atoms with E-state index >= 15 is 0 Å². The van der Waals surface area contributed by atoms with Crippen LogP contribution in [-0.2, 0) is 6.54 Å². The minimum absolute atomic E-state index is 0.335. The van der Waals surface area contributed by atoms with Gasteiger partial charge in [-0.25, -0.2) is 0 Å². The smallest absolute Gasteiger partial charge is 0.157 e. The molecule has 0 aromatic carbocycles. The third-order valence-electron chi connectivity index (χ3n) is 2.56. The first-order valence-electron chi connectivity index (χ1n) is 5.48. The van der Waals surface area contributed by atoms with Crippen LogP contribution in [0, 0.1) is 0 Å². The zero-order valence-electron chi connectivity index (χ0n) is 8.85. The van der Waals surface area contributed by atoms with Gasteiger partial charge < -0.3 is 15.8 Å². The summed E-state index contributed by atoms with van der Waals surface area (Å²) in [6.45, 7) is 3.44. The van der Waals surface area contributed by atoms with Gasteiger partial charge in [0, 0.05) is 6.54 Å². The lowest BCUT2D eigenvalue weighted by molar-refractivity contribution is 0.162. The minimum Gasteiger partial charge on any atom is -0.487 e. The summed E-state index contributed by atoms with van der Waals surface area (Å²) in [5.41, 5.74) is 5.44. The summed E-state index contributed by atoms with van der Waals surface area (Å²) in [5, 5.41) is 7.48. The number of piperidine rings is 1. The molecule has 2 rings (SSSR count). The van der Waals surface area contributed by atoms with Crippen molar-refractivity contribution in [2.45, 2.75) is 25.5 Å². The summed E-state index contributed by atoms with van der Waals surface area (Å²) < 4.78 is 7.63. The summed E-state index contributed by atoms with van der Waals surface area (Å²) in [5.74, 6) is 0.857. The third-order valence-corrected chi connectivity index (χ3v) is 2.56. The maximum Gasteiger partial charge on any atom is 0.157 e. The van der Waals surface area contributed by atoms with Crippen molar-refractivity contribution in [1.29, 1.82) is 0 Å². The van der Waals surface area contributed by atoms with Crippen LogP contribution in [0.4, 0.5) is 0 Å². The molecule has 84 valence electrons. The van der Waals surface area contributed by atoms with Gasteiger partial charge in [-0.15, -0.1) is 0 Å². The molecular formula is C10H18N4O. The second-order valence-electron chi connectivity index (χ2n) is 3.79. The summed E-state index contributed by atoms with van der Waals surface area (Å²) in [6.07, 6.45) is 6.15. The molecule has 1 aliphatic heterocycles. The van der Waals surface area contributed by atoms with Crippen molar-refractivity contribution in [1.82, 2.24) is 15.1 Å². The van der Waals surface area contributed by atoms with Crippen LogP contribution in [0.2, 0.25) is 0 Å². The van der Waals surface area contributed by atoms with E-state index in [2.05, 4.69) is 10.4 Å². The Bertz CT molecular complexity index is 293. The van der Waals surface area contributed by atoms with Crippen LogP contribution in [0.5, 0.6) is 5.75 Å². The molecule has 1 aliphatic rings. The van der Waals surface area contributed by atoms with Gasteiger partial charge in [-0.2, -0.15) is 5.10 Å². The lowest BCUT2D eigenvalue weighted by Gasteiger charge is -2.22. The first-order valence-corrected chi connectivity index (χ1v) is 5.48. The van der Waals surface area contributed by atoms with Crippen molar-refractivity contribution in [3.05, 3.63) is 12.4 Å². The maximum atomic E-state index is 5.82. The maximum absolute atomic E-state index is 5.82. The highest BCUT2D eigenvalue weighted by Crippen LogP contribution is 2.15. The van der Waals surface area contributed by atoms with Crippen molar-refractivity contribution in [2.24, 2.45) is 5.73 Å². The highest BCUT2D eigenvalue weighted by Gasteiger charge is 2.14. The van der Waals surface area contributed by atoms with E-state index in [9.17, 15) is 0 Å². The van der Waals surface area contributed by atoms with Crippen LogP contribution < -0.4 is 15.8 Å². The molecule has 1 fully saturated rings. The van der Waals surface area contributed by atoms with E-state index < -0.39 is 0 Å². The Balaban J connectivity index is 1.86. The first kappa shape index (κ1) is 10.4. The Morgan fingerprint density at radius 2 is 2.33 bits per heavy atom. The molecule has 0 atom stereocenters. The number of hydrogen-bond donors (Lipinski definition) is 2. The fourth-order valence-electron chi connectivity index (χ4n) is 1.77. The van der Waals surface area contributed by atoms with Gasteiger partial charge in [0.1, 0.15) is 6.10 Å². The van der Waals surface area contributed by atoms with E-state index in [-0.39, 0.29) is 0 Å². The molecule has 0 unspecified atom stereocenters. The van der Waals surface area contributed by atoms with Crippen molar-refractivity contribution >= 4 is 0 Å². The number of hydrogen-bond acceptors (Lipinski definition) is 4. The van der Waals surface area contributed by atoms with Gasteiger partial charge in [0.15, 0.2) is 5.75 Å². The van der Waals surface area contributed by atoms with Crippen LogP contribution in [0.25, 0.3) is 0 Å². The predicted molar refractivity (Wildman–Crippen MR) is 57.8 cm³/mol. The number of ether oxygens (including phenoxy) is 1. The molecule has 0 amide bonds. The molecular weight excluding hydrogens is 192 g/mol. The number of aromatic nitrogens is 2. The lowest BCUT2D eigenvalue weighted by atomic mass is 10.1. The largest absolute Gasteiger partial charge is 0.487 e. The van der Waals surface area contributed by atoms with Crippen LogP contribution in [-0.4, -0.2) is 35.5 Å². The summed E-state index contributed by atoms with van der Waals surface area (Å²) >= 11 is 0. The van der Waals surface area contributed by atoms with Gasteiger partial charge in [-0.3, -0.25) is 4.68 Å². The Morgan fingerprint density at radius 3 is 3.07 bits per heavy atom. The SMILES string of the molecule is NCCn1cc(OC2CCNCC2)cn1. The molecule has 0 aliphatic carbocycles. The highest BCUT2D eigenvalue weighted by molar-refractivity contribution is 5.12. The molecule has 3 N–H and O–H groups in total. The monoisotopic (exact) mass is 210 g/mol.